The Hall–Kier alpha value is -4.84. The van der Waals surface area contributed by atoms with Gasteiger partial charge in [0.15, 0.2) is 0 Å². The molecule has 5 rings (SSSR count). The van der Waals surface area contributed by atoms with Crippen LogP contribution in [-0.4, -0.2) is 22.0 Å². The number of carbonyl (C=O) groups excluding carboxylic acids is 1. The third-order valence-corrected chi connectivity index (χ3v) is 6.18. The number of halogens is 1. The Kier molecular flexibility index (Phi) is 6.72. The number of hydrogen-bond donors (Lipinski definition) is 2. The summed E-state index contributed by atoms with van der Waals surface area (Å²) in [6.45, 7) is 0. The zero-order valence-electron chi connectivity index (χ0n) is 19.8. The van der Waals surface area contributed by atoms with Crippen molar-refractivity contribution in [2.24, 2.45) is 0 Å². The van der Waals surface area contributed by atoms with Gasteiger partial charge in [0.2, 0.25) is 0 Å². The highest BCUT2D eigenvalue weighted by molar-refractivity contribution is 6.05. The lowest BCUT2D eigenvalue weighted by molar-refractivity contribution is 0.0696. The molecule has 0 unspecified atom stereocenters. The molecule has 37 heavy (non-hydrogen) atoms. The van der Waals surface area contributed by atoms with E-state index in [-0.39, 0.29) is 23.7 Å². The fourth-order valence-corrected chi connectivity index (χ4v) is 4.41. The number of aromatic nitrogens is 1. The van der Waals surface area contributed by atoms with Crippen LogP contribution in [0.2, 0.25) is 0 Å². The molecule has 0 aliphatic rings. The Labute approximate surface area is 213 Å². The fourth-order valence-electron chi connectivity index (χ4n) is 4.41. The largest absolute Gasteiger partial charge is 0.478 e. The zero-order chi connectivity index (χ0) is 25.8. The highest BCUT2D eigenvalue weighted by Crippen LogP contribution is 2.24. The molecular formula is C31H23FN2O3. The Morgan fingerprint density at radius 2 is 1.49 bits per heavy atom. The summed E-state index contributed by atoms with van der Waals surface area (Å²) in [6, 6.07) is 28.0. The number of benzene rings is 4. The topological polar surface area (TPSA) is 79.3 Å². The van der Waals surface area contributed by atoms with E-state index in [4.69, 9.17) is 0 Å². The van der Waals surface area contributed by atoms with E-state index in [1.807, 2.05) is 48.5 Å². The molecule has 0 spiro atoms. The van der Waals surface area contributed by atoms with Crippen LogP contribution in [0.1, 0.15) is 43.0 Å². The number of anilines is 1. The minimum atomic E-state index is -1.08. The summed E-state index contributed by atoms with van der Waals surface area (Å²) >= 11 is 0. The number of carbonyl (C=O) groups is 2. The number of amides is 1. The highest BCUT2D eigenvalue weighted by Gasteiger charge is 2.14. The van der Waals surface area contributed by atoms with Crippen molar-refractivity contribution >= 4 is 28.5 Å². The van der Waals surface area contributed by atoms with E-state index in [2.05, 4.69) is 10.3 Å². The van der Waals surface area contributed by atoms with E-state index in [1.54, 1.807) is 30.5 Å². The fraction of sp³-hybridized carbons (Fsp3) is 0.0645. The molecule has 0 aliphatic heterocycles. The number of carboxylic acid groups (broad SMARTS) is 1. The van der Waals surface area contributed by atoms with E-state index in [1.165, 1.54) is 24.3 Å². The average molecular weight is 491 g/mol. The van der Waals surface area contributed by atoms with Crippen LogP contribution in [0.25, 0.3) is 10.9 Å². The first kappa shape index (κ1) is 23.9. The van der Waals surface area contributed by atoms with E-state index < -0.39 is 5.97 Å². The van der Waals surface area contributed by atoms with Gasteiger partial charge >= 0.3 is 5.97 Å². The van der Waals surface area contributed by atoms with Crippen molar-refractivity contribution in [2.45, 2.75) is 12.8 Å². The van der Waals surface area contributed by atoms with E-state index in [0.29, 0.717) is 28.8 Å². The summed E-state index contributed by atoms with van der Waals surface area (Å²) in [6.07, 6.45) is 2.66. The number of hydrogen-bond acceptors (Lipinski definition) is 3. The third-order valence-electron chi connectivity index (χ3n) is 6.18. The monoisotopic (exact) mass is 490 g/mol. The highest BCUT2D eigenvalue weighted by atomic mass is 19.1. The molecule has 6 heteroatoms. The van der Waals surface area contributed by atoms with Gasteiger partial charge in [0, 0.05) is 22.8 Å². The molecule has 0 bridgehead atoms. The van der Waals surface area contributed by atoms with Crippen molar-refractivity contribution < 1.29 is 19.1 Å². The number of pyridine rings is 1. The second kappa shape index (κ2) is 10.4. The van der Waals surface area contributed by atoms with Gasteiger partial charge in [-0.2, -0.15) is 0 Å². The second-order valence-corrected chi connectivity index (χ2v) is 8.81. The maximum atomic E-state index is 13.7. The van der Waals surface area contributed by atoms with Gasteiger partial charge in [-0.05, 0) is 83.6 Å². The minimum absolute atomic E-state index is 0.0927. The molecular weight excluding hydrogens is 467 g/mol. The Bertz CT molecular complexity index is 1630. The molecule has 0 saturated heterocycles. The van der Waals surface area contributed by atoms with Gasteiger partial charge in [-0.15, -0.1) is 0 Å². The number of para-hydroxylation sites is 1. The van der Waals surface area contributed by atoms with Crippen LogP contribution in [-0.2, 0) is 12.8 Å². The van der Waals surface area contributed by atoms with Gasteiger partial charge in [0.1, 0.15) is 5.82 Å². The summed E-state index contributed by atoms with van der Waals surface area (Å²) in [5.74, 6) is -1.77. The summed E-state index contributed by atoms with van der Waals surface area (Å²) in [5.41, 5.74) is 5.26. The molecule has 4 aromatic carbocycles. The minimum Gasteiger partial charge on any atom is -0.478 e. The van der Waals surface area contributed by atoms with Gasteiger partial charge in [0.05, 0.1) is 11.1 Å². The predicted octanol–water partition coefficient (Wildman–Crippen LogP) is 6.51. The van der Waals surface area contributed by atoms with Crippen LogP contribution >= 0.6 is 0 Å². The first-order valence-corrected chi connectivity index (χ1v) is 11.8. The zero-order valence-corrected chi connectivity index (χ0v) is 19.8. The first-order valence-electron chi connectivity index (χ1n) is 11.8. The summed E-state index contributed by atoms with van der Waals surface area (Å²) in [4.78, 5) is 29.3. The van der Waals surface area contributed by atoms with Crippen molar-refractivity contribution in [2.75, 3.05) is 5.32 Å². The van der Waals surface area contributed by atoms with Gasteiger partial charge in [0.25, 0.3) is 5.91 Å². The number of aromatic carboxylic acids is 1. The molecule has 1 amide bonds. The summed E-state index contributed by atoms with van der Waals surface area (Å²) < 4.78 is 13.7. The van der Waals surface area contributed by atoms with Gasteiger partial charge in [-0.1, -0.05) is 48.5 Å². The number of rotatable bonds is 7. The second-order valence-electron chi connectivity index (χ2n) is 8.81. The Balaban J connectivity index is 1.40. The molecule has 1 aromatic heterocycles. The smallest absolute Gasteiger partial charge is 0.335 e. The molecule has 0 radical (unpaired) electrons. The molecule has 0 saturated carbocycles. The number of nitrogens with one attached hydrogen (secondary N) is 1. The van der Waals surface area contributed by atoms with E-state index in [0.717, 1.165) is 22.0 Å². The molecule has 2 N–H and O–H groups in total. The van der Waals surface area contributed by atoms with Crippen molar-refractivity contribution in [3.63, 3.8) is 0 Å². The Morgan fingerprint density at radius 1 is 0.757 bits per heavy atom. The van der Waals surface area contributed by atoms with Crippen LogP contribution in [0.5, 0.6) is 0 Å². The lowest BCUT2D eigenvalue weighted by Gasteiger charge is -2.13. The van der Waals surface area contributed by atoms with Crippen LogP contribution in [0, 0.1) is 5.82 Å². The van der Waals surface area contributed by atoms with Crippen molar-refractivity contribution in [3.05, 3.63) is 142 Å². The van der Waals surface area contributed by atoms with E-state index >= 15 is 0 Å². The van der Waals surface area contributed by atoms with Gasteiger partial charge < -0.3 is 10.4 Å². The quantitative estimate of drug-likeness (QED) is 0.273. The molecule has 5 aromatic rings. The Morgan fingerprint density at radius 3 is 2.30 bits per heavy atom. The molecule has 0 fully saturated rings. The van der Waals surface area contributed by atoms with Crippen molar-refractivity contribution in [3.8, 4) is 0 Å². The lowest BCUT2D eigenvalue weighted by Crippen LogP contribution is -2.14. The number of nitrogens with zero attached hydrogens (tertiary/aromatic N) is 1. The number of carboxylic acids is 1. The summed E-state index contributed by atoms with van der Waals surface area (Å²) in [5, 5.41) is 13.4. The predicted molar refractivity (Wildman–Crippen MR) is 142 cm³/mol. The van der Waals surface area contributed by atoms with Crippen LogP contribution < -0.4 is 5.32 Å². The normalized spacial score (nSPS) is 10.8. The van der Waals surface area contributed by atoms with Crippen LogP contribution in [0.3, 0.4) is 0 Å². The molecule has 0 aliphatic carbocycles. The lowest BCUT2D eigenvalue weighted by atomic mass is 9.99. The molecule has 5 nitrogen and oxygen atoms in total. The summed E-state index contributed by atoms with van der Waals surface area (Å²) in [7, 11) is 0. The van der Waals surface area contributed by atoms with Gasteiger partial charge in [-0.3, -0.25) is 9.78 Å². The third kappa shape index (κ3) is 5.54. The van der Waals surface area contributed by atoms with E-state index in [9.17, 15) is 19.1 Å². The SMILES string of the molecule is O=C(O)c1ccc(NC(=O)c2cccc(Cc3cccc4cccnc34)c2)c(Cc2cccc(F)c2)c1. The first-order chi connectivity index (χ1) is 18.0. The number of fused-ring (bicyclic) bond motifs is 1. The molecule has 1 heterocycles. The average Bonchev–Trinajstić information content (AvgIpc) is 2.90. The van der Waals surface area contributed by atoms with Crippen molar-refractivity contribution in [1.29, 1.82) is 0 Å². The van der Waals surface area contributed by atoms with Crippen molar-refractivity contribution in [1.82, 2.24) is 4.98 Å². The van der Waals surface area contributed by atoms with Crippen LogP contribution in [0.4, 0.5) is 10.1 Å². The molecule has 182 valence electrons. The maximum Gasteiger partial charge on any atom is 0.335 e. The molecule has 0 atom stereocenters. The maximum absolute atomic E-state index is 13.7. The van der Waals surface area contributed by atoms with Crippen LogP contribution in [0.15, 0.2) is 103 Å². The van der Waals surface area contributed by atoms with Gasteiger partial charge in [-0.25, -0.2) is 9.18 Å². The standard InChI is InChI=1S/C31H23FN2O3/c32-27-11-2-6-21(18-27)17-26-19-25(31(36)37)12-13-28(26)34-30(35)24-9-1-5-20(16-24)15-23-8-3-7-22-10-4-14-33-29(22)23/h1-14,16,18-19H,15,17H2,(H,34,35)(H,36,37).